The van der Waals surface area contributed by atoms with E-state index in [-0.39, 0.29) is 11.9 Å². The first-order chi connectivity index (χ1) is 9.64. The minimum Gasteiger partial charge on any atom is -0.465 e. The van der Waals surface area contributed by atoms with Crippen molar-refractivity contribution in [1.29, 1.82) is 0 Å². The third-order valence-corrected chi connectivity index (χ3v) is 4.96. The van der Waals surface area contributed by atoms with Crippen LogP contribution in [0.3, 0.4) is 0 Å². The molecule has 3 unspecified atom stereocenters. The number of carbonyl (C=O) groups excluding carboxylic acids is 1. The van der Waals surface area contributed by atoms with Gasteiger partial charge in [0.2, 0.25) is 0 Å². The third-order valence-electron chi connectivity index (χ3n) is 4.96. The van der Waals surface area contributed by atoms with E-state index in [2.05, 4.69) is 0 Å². The van der Waals surface area contributed by atoms with Crippen LogP contribution >= 0.6 is 0 Å². The third kappa shape index (κ3) is 3.76. The van der Waals surface area contributed by atoms with Gasteiger partial charge in [-0.25, -0.2) is 0 Å². The standard InChI is InChI=1S/C16H30O5/c1-8-14(2,3)13(17)20-10-12-9-15(4,18-6)16(5,19-7)21-11-12/h12H,8-11H2,1-7H3. The normalized spacial score (nSPS) is 33.8. The Hall–Kier alpha value is -0.650. The summed E-state index contributed by atoms with van der Waals surface area (Å²) in [6, 6.07) is 0. The van der Waals surface area contributed by atoms with Gasteiger partial charge in [0.25, 0.3) is 0 Å². The zero-order valence-corrected chi connectivity index (χ0v) is 14.4. The van der Waals surface area contributed by atoms with Crippen LogP contribution in [0.1, 0.15) is 47.5 Å². The lowest BCUT2D eigenvalue weighted by Gasteiger charge is -2.49. The highest BCUT2D eigenvalue weighted by Gasteiger charge is 2.51. The first-order valence-electron chi connectivity index (χ1n) is 7.55. The summed E-state index contributed by atoms with van der Waals surface area (Å²) >= 11 is 0. The first kappa shape index (κ1) is 18.4. The molecule has 1 heterocycles. The lowest BCUT2D eigenvalue weighted by atomic mass is 9.83. The van der Waals surface area contributed by atoms with Crippen LogP contribution in [0.5, 0.6) is 0 Å². The summed E-state index contributed by atoms with van der Waals surface area (Å²) in [6.07, 6.45) is 1.47. The molecule has 21 heavy (non-hydrogen) atoms. The molecule has 1 saturated heterocycles. The highest BCUT2D eigenvalue weighted by Crippen LogP contribution is 2.40. The molecule has 0 aromatic heterocycles. The fraction of sp³-hybridized carbons (Fsp3) is 0.938. The lowest BCUT2D eigenvalue weighted by molar-refractivity contribution is -0.334. The van der Waals surface area contributed by atoms with E-state index in [1.54, 1.807) is 14.2 Å². The summed E-state index contributed by atoms with van der Waals surface area (Å²) < 4.78 is 22.4. The van der Waals surface area contributed by atoms with Crippen molar-refractivity contribution in [3.05, 3.63) is 0 Å². The molecule has 1 rings (SSSR count). The van der Waals surface area contributed by atoms with Crippen LogP contribution in [0.25, 0.3) is 0 Å². The van der Waals surface area contributed by atoms with Gasteiger partial charge in [0, 0.05) is 20.1 Å². The molecule has 1 aliphatic rings. The predicted molar refractivity (Wildman–Crippen MR) is 79.9 cm³/mol. The van der Waals surface area contributed by atoms with Gasteiger partial charge in [-0.3, -0.25) is 4.79 Å². The highest BCUT2D eigenvalue weighted by atomic mass is 16.7. The molecule has 0 aliphatic carbocycles. The van der Waals surface area contributed by atoms with E-state index in [0.717, 1.165) is 6.42 Å². The van der Waals surface area contributed by atoms with Crippen molar-refractivity contribution >= 4 is 5.97 Å². The van der Waals surface area contributed by atoms with Gasteiger partial charge < -0.3 is 18.9 Å². The van der Waals surface area contributed by atoms with Gasteiger partial charge in [-0.2, -0.15) is 0 Å². The Kier molecular flexibility index (Phi) is 5.81. The molecule has 0 aromatic rings. The van der Waals surface area contributed by atoms with Crippen LogP contribution in [-0.2, 0) is 23.7 Å². The molecule has 1 aliphatic heterocycles. The molecule has 0 radical (unpaired) electrons. The summed E-state index contributed by atoms with van der Waals surface area (Å²) in [4.78, 5) is 12.0. The topological polar surface area (TPSA) is 54.0 Å². The van der Waals surface area contributed by atoms with Crippen LogP contribution in [-0.4, -0.2) is 44.8 Å². The maximum Gasteiger partial charge on any atom is 0.311 e. The van der Waals surface area contributed by atoms with Crippen molar-refractivity contribution in [2.45, 2.75) is 58.8 Å². The number of hydrogen-bond acceptors (Lipinski definition) is 5. The molecule has 0 saturated carbocycles. The molecule has 0 aromatic carbocycles. The van der Waals surface area contributed by atoms with Crippen LogP contribution in [0.15, 0.2) is 0 Å². The van der Waals surface area contributed by atoms with E-state index in [1.165, 1.54) is 0 Å². The summed E-state index contributed by atoms with van der Waals surface area (Å²) in [5.74, 6) is -0.843. The largest absolute Gasteiger partial charge is 0.465 e. The zero-order chi connectivity index (χ0) is 16.3. The van der Waals surface area contributed by atoms with Gasteiger partial charge in [0.15, 0.2) is 5.79 Å². The lowest BCUT2D eigenvalue weighted by Crippen LogP contribution is -2.60. The number of esters is 1. The molecule has 0 bridgehead atoms. The summed E-state index contributed by atoms with van der Waals surface area (Å²) in [7, 11) is 3.26. The Morgan fingerprint density at radius 2 is 1.90 bits per heavy atom. The predicted octanol–water partition coefficient (Wildman–Crippen LogP) is 2.77. The minimum absolute atomic E-state index is 0.106. The quantitative estimate of drug-likeness (QED) is 0.706. The Morgan fingerprint density at radius 1 is 1.29 bits per heavy atom. The van der Waals surface area contributed by atoms with Crippen LogP contribution in [0.4, 0.5) is 0 Å². The molecular formula is C16H30O5. The second-order valence-corrected chi connectivity index (χ2v) is 6.80. The molecule has 5 nitrogen and oxygen atoms in total. The number of hydrogen-bond donors (Lipinski definition) is 0. The summed E-state index contributed by atoms with van der Waals surface area (Å²) in [5.41, 5.74) is -1.02. The molecule has 0 N–H and O–H groups in total. The highest BCUT2D eigenvalue weighted by molar-refractivity contribution is 5.75. The van der Waals surface area contributed by atoms with Crippen molar-refractivity contribution in [2.75, 3.05) is 27.4 Å². The van der Waals surface area contributed by atoms with E-state index in [9.17, 15) is 4.79 Å². The summed E-state index contributed by atoms with van der Waals surface area (Å²) in [6.45, 7) is 10.4. The smallest absolute Gasteiger partial charge is 0.311 e. The van der Waals surface area contributed by atoms with Crippen molar-refractivity contribution in [3.8, 4) is 0 Å². The monoisotopic (exact) mass is 302 g/mol. The number of carbonyl (C=O) groups is 1. The van der Waals surface area contributed by atoms with Crippen molar-refractivity contribution in [1.82, 2.24) is 0 Å². The maximum atomic E-state index is 12.0. The van der Waals surface area contributed by atoms with Gasteiger partial charge in [-0.05, 0) is 40.5 Å². The number of methoxy groups -OCH3 is 2. The maximum absolute atomic E-state index is 12.0. The van der Waals surface area contributed by atoms with Gasteiger partial charge >= 0.3 is 5.97 Å². The van der Waals surface area contributed by atoms with E-state index in [0.29, 0.717) is 19.6 Å². The second kappa shape index (κ2) is 6.63. The molecule has 3 atom stereocenters. The van der Waals surface area contributed by atoms with Gasteiger partial charge in [0.05, 0.1) is 18.6 Å². The van der Waals surface area contributed by atoms with E-state index in [4.69, 9.17) is 18.9 Å². The van der Waals surface area contributed by atoms with E-state index >= 15 is 0 Å². The Morgan fingerprint density at radius 3 is 2.38 bits per heavy atom. The Labute approximate surface area is 128 Å². The Bertz CT molecular complexity index is 368. The molecule has 0 spiro atoms. The van der Waals surface area contributed by atoms with Crippen LogP contribution in [0.2, 0.25) is 0 Å². The fourth-order valence-electron chi connectivity index (χ4n) is 2.41. The first-order valence-corrected chi connectivity index (χ1v) is 7.55. The number of rotatable bonds is 6. The number of ether oxygens (including phenoxy) is 4. The molecule has 0 amide bonds. The zero-order valence-electron chi connectivity index (χ0n) is 14.4. The minimum atomic E-state index is -0.787. The van der Waals surface area contributed by atoms with Crippen molar-refractivity contribution in [2.24, 2.45) is 11.3 Å². The van der Waals surface area contributed by atoms with Gasteiger partial charge in [0.1, 0.15) is 5.60 Å². The molecule has 5 heteroatoms. The SMILES string of the molecule is CCC(C)(C)C(=O)OCC1COC(C)(OC)C(C)(OC)C1. The molecule has 1 fully saturated rings. The van der Waals surface area contributed by atoms with E-state index < -0.39 is 16.8 Å². The summed E-state index contributed by atoms with van der Waals surface area (Å²) in [5, 5.41) is 0. The van der Waals surface area contributed by atoms with Crippen molar-refractivity contribution < 1.29 is 23.7 Å². The molecular weight excluding hydrogens is 272 g/mol. The average molecular weight is 302 g/mol. The average Bonchev–Trinajstić information content (AvgIpc) is 2.48. The van der Waals surface area contributed by atoms with Crippen LogP contribution < -0.4 is 0 Å². The van der Waals surface area contributed by atoms with Gasteiger partial charge in [-0.15, -0.1) is 0 Å². The van der Waals surface area contributed by atoms with Crippen LogP contribution in [0, 0.1) is 11.3 Å². The second-order valence-electron chi connectivity index (χ2n) is 6.80. The van der Waals surface area contributed by atoms with Crippen molar-refractivity contribution in [3.63, 3.8) is 0 Å². The molecule has 124 valence electrons. The Balaban J connectivity index is 2.63. The fourth-order valence-corrected chi connectivity index (χ4v) is 2.41. The van der Waals surface area contributed by atoms with E-state index in [1.807, 2.05) is 34.6 Å². The van der Waals surface area contributed by atoms with Gasteiger partial charge in [-0.1, -0.05) is 6.92 Å².